The third-order valence-corrected chi connectivity index (χ3v) is 3.27. The van der Waals surface area contributed by atoms with Crippen LogP contribution >= 0.6 is 11.3 Å². The molecule has 1 atom stereocenters. The number of nitrogens with zero attached hydrogens (tertiary/aromatic N) is 1. The van der Waals surface area contributed by atoms with Crippen LogP contribution in [0.2, 0.25) is 0 Å². The number of carboxylic acid groups (broad SMARTS) is 1. The van der Waals surface area contributed by atoms with Gasteiger partial charge in [0, 0.05) is 10.9 Å². The van der Waals surface area contributed by atoms with Crippen LogP contribution in [-0.2, 0) is 4.79 Å². The van der Waals surface area contributed by atoms with Gasteiger partial charge >= 0.3 is 5.97 Å². The zero-order valence-corrected chi connectivity index (χ0v) is 10.0. The van der Waals surface area contributed by atoms with Gasteiger partial charge in [0.2, 0.25) is 0 Å². The number of carbonyl (C=O) groups is 1. The summed E-state index contributed by atoms with van der Waals surface area (Å²) in [5, 5.41) is 12.7. The Morgan fingerprint density at radius 2 is 2.27 bits per heavy atom. The number of thiazole rings is 1. The SMILES string of the molecule is CCC(CC(=O)O)Nc1nc(C)c(C)s1. The van der Waals surface area contributed by atoms with Crippen molar-refractivity contribution in [3.05, 3.63) is 10.6 Å². The summed E-state index contributed by atoms with van der Waals surface area (Å²) >= 11 is 1.57. The Labute approximate surface area is 93.4 Å². The van der Waals surface area contributed by atoms with E-state index in [1.807, 2.05) is 20.8 Å². The van der Waals surface area contributed by atoms with Crippen LogP contribution in [0.3, 0.4) is 0 Å². The van der Waals surface area contributed by atoms with Gasteiger partial charge in [0.1, 0.15) is 0 Å². The Bertz CT molecular complexity index is 330. The maximum absolute atomic E-state index is 10.6. The van der Waals surface area contributed by atoms with Crippen LogP contribution in [0.5, 0.6) is 0 Å². The highest BCUT2D eigenvalue weighted by molar-refractivity contribution is 7.15. The maximum atomic E-state index is 10.6. The van der Waals surface area contributed by atoms with Crippen molar-refractivity contribution in [2.24, 2.45) is 0 Å². The number of anilines is 1. The summed E-state index contributed by atoms with van der Waals surface area (Å²) in [5.74, 6) is -0.778. The number of hydrogen-bond acceptors (Lipinski definition) is 4. The van der Waals surface area contributed by atoms with Gasteiger partial charge in [-0.3, -0.25) is 4.79 Å². The van der Waals surface area contributed by atoms with Gasteiger partial charge in [0.05, 0.1) is 12.1 Å². The van der Waals surface area contributed by atoms with Gasteiger partial charge in [0.25, 0.3) is 0 Å². The van der Waals surface area contributed by atoms with E-state index in [1.54, 1.807) is 11.3 Å². The molecule has 0 saturated carbocycles. The third kappa shape index (κ3) is 3.51. The second kappa shape index (κ2) is 5.11. The summed E-state index contributed by atoms with van der Waals surface area (Å²) in [6, 6.07) is -0.0348. The monoisotopic (exact) mass is 228 g/mol. The zero-order chi connectivity index (χ0) is 11.4. The Hall–Kier alpha value is -1.10. The largest absolute Gasteiger partial charge is 0.481 e. The lowest BCUT2D eigenvalue weighted by Gasteiger charge is -2.13. The van der Waals surface area contributed by atoms with Crippen molar-refractivity contribution < 1.29 is 9.90 Å². The third-order valence-electron chi connectivity index (χ3n) is 2.27. The van der Waals surface area contributed by atoms with Gasteiger partial charge < -0.3 is 10.4 Å². The van der Waals surface area contributed by atoms with Crippen molar-refractivity contribution in [2.75, 3.05) is 5.32 Å². The van der Waals surface area contributed by atoms with Crippen molar-refractivity contribution in [2.45, 2.75) is 39.7 Å². The van der Waals surface area contributed by atoms with E-state index in [2.05, 4.69) is 10.3 Å². The molecule has 1 rings (SSSR count). The molecule has 2 N–H and O–H groups in total. The number of carboxylic acids is 1. The number of rotatable bonds is 5. The van der Waals surface area contributed by atoms with Crippen LogP contribution in [0, 0.1) is 13.8 Å². The molecule has 0 aliphatic carbocycles. The fourth-order valence-electron chi connectivity index (χ4n) is 1.22. The molecule has 1 unspecified atom stereocenters. The Morgan fingerprint density at radius 1 is 1.60 bits per heavy atom. The minimum Gasteiger partial charge on any atom is -0.481 e. The lowest BCUT2D eigenvalue weighted by atomic mass is 10.1. The van der Waals surface area contributed by atoms with Crippen LogP contribution in [0.15, 0.2) is 0 Å². The first-order valence-corrected chi connectivity index (χ1v) is 5.77. The number of aliphatic carboxylic acids is 1. The first-order valence-electron chi connectivity index (χ1n) is 4.95. The van der Waals surface area contributed by atoms with E-state index in [1.165, 1.54) is 4.88 Å². The van der Waals surface area contributed by atoms with E-state index in [9.17, 15) is 4.79 Å². The second-order valence-corrected chi connectivity index (χ2v) is 4.71. The second-order valence-electron chi connectivity index (χ2n) is 3.51. The number of aryl methyl sites for hydroxylation is 2. The van der Waals surface area contributed by atoms with Crippen LogP contribution in [0.1, 0.15) is 30.3 Å². The molecule has 0 spiro atoms. The van der Waals surface area contributed by atoms with Gasteiger partial charge in [-0.05, 0) is 20.3 Å². The molecule has 0 bridgehead atoms. The number of nitrogens with one attached hydrogen (secondary N) is 1. The minimum absolute atomic E-state index is 0.0348. The Balaban J connectivity index is 2.62. The van der Waals surface area contributed by atoms with Crippen LogP contribution in [0.4, 0.5) is 5.13 Å². The van der Waals surface area contributed by atoms with Gasteiger partial charge in [0.15, 0.2) is 5.13 Å². The molecule has 5 heteroatoms. The molecule has 0 saturated heterocycles. The Morgan fingerprint density at radius 3 is 2.67 bits per heavy atom. The van der Waals surface area contributed by atoms with Gasteiger partial charge in [-0.15, -0.1) is 11.3 Å². The molecule has 0 aliphatic rings. The normalized spacial score (nSPS) is 12.5. The zero-order valence-electron chi connectivity index (χ0n) is 9.20. The number of hydrogen-bond donors (Lipinski definition) is 2. The average molecular weight is 228 g/mol. The molecule has 0 aromatic carbocycles. The van der Waals surface area contributed by atoms with Crippen molar-refractivity contribution in [3.63, 3.8) is 0 Å². The van der Waals surface area contributed by atoms with Crippen LogP contribution in [0.25, 0.3) is 0 Å². The summed E-state index contributed by atoms with van der Waals surface area (Å²) in [6.07, 6.45) is 0.915. The molecule has 1 aromatic heterocycles. The molecule has 0 aliphatic heterocycles. The molecule has 0 amide bonds. The predicted molar refractivity (Wildman–Crippen MR) is 61.5 cm³/mol. The molecular weight excluding hydrogens is 212 g/mol. The lowest BCUT2D eigenvalue weighted by Crippen LogP contribution is -2.22. The van der Waals surface area contributed by atoms with Crippen LogP contribution < -0.4 is 5.32 Å². The molecule has 84 valence electrons. The molecule has 0 radical (unpaired) electrons. The average Bonchev–Trinajstić information content (AvgIpc) is 2.44. The molecule has 0 fully saturated rings. The molecular formula is C10H16N2O2S. The molecule has 15 heavy (non-hydrogen) atoms. The predicted octanol–water partition coefficient (Wildman–Crippen LogP) is 2.43. The lowest BCUT2D eigenvalue weighted by molar-refractivity contribution is -0.137. The van der Waals surface area contributed by atoms with E-state index in [4.69, 9.17) is 5.11 Å². The summed E-state index contributed by atoms with van der Waals surface area (Å²) in [5.41, 5.74) is 1.01. The standard InChI is InChI=1S/C10H16N2O2S/c1-4-8(5-9(13)14)12-10-11-6(2)7(3)15-10/h8H,4-5H2,1-3H3,(H,11,12)(H,13,14). The van der Waals surface area contributed by atoms with Crippen molar-refractivity contribution in [1.29, 1.82) is 0 Å². The minimum atomic E-state index is -0.778. The number of aromatic nitrogens is 1. The first-order chi connectivity index (χ1) is 7.02. The quantitative estimate of drug-likeness (QED) is 0.812. The van der Waals surface area contributed by atoms with Crippen molar-refractivity contribution in [3.8, 4) is 0 Å². The fraction of sp³-hybridized carbons (Fsp3) is 0.600. The highest BCUT2D eigenvalue weighted by atomic mass is 32.1. The molecule has 4 nitrogen and oxygen atoms in total. The van der Waals surface area contributed by atoms with Crippen molar-refractivity contribution >= 4 is 22.4 Å². The summed E-state index contributed by atoms with van der Waals surface area (Å²) in [4.78, 5) is 16.1. The van der Waals surface area contributed by atoms with Crippen molar-refractivity contribution in [1.82, 2.24) is 4.98 Å². The van der Waals surface area contributed by atoms with E-state index in [-0.39, 0.29) is 12.5 Å². The maximum Gasteiger partial charge on any atom is 0.305 e. The van der Waals surface area contributed by atoms with Gasteiger partial charge in [-0.2, -0.15) is 0 Å². The highest BCUT2D eigenvalue weighted by Crippen LogP contribution is 2.22. The first kappa shape index (κ1) is 12.0. The van der Waals surface area contributed by atoms with Crippen LogP contribution in [-0.4, -0.2) is 22.1 Å². The van der Waals surface area contributed by atoms with Gasteiger partial charge in [-0.1, -0.05) is 6.92 Å². The van der Waals surface area contributed by atoms with Gasteiger partial charge in [-0.25, -0.2) is 4.98 Å². The van der Waals surface area contributed by atoms with E-state index in [0.717, 1.165) is 17.2 Å². The summed E-state index contributed by atoms with van der Waals surface area (Å²) < 4.78 is 0. The molecule has 1 heterocycles. The Kier molecular flexibility index (Phi) is 4.08. The van der Waals surface area contributed by atoms with E-state index >= 15 is 0 Å². The highest BCUT2D eigenvalue weighted by Gasteiger charge is 2.13. The fourth-order valence-corrected chi connectivity index (χ4v) is 2.11. The summed E-state index contributed by atoms with van der Waals surface area (Å²) in [7, 11) is 0. The smallest absolute Gasteiger partial charge is 0.305 e. The van der Waals surface area contributed by atoms with E-state index in [0.29, 0.717) is 0 Å². The molecule has 1 aromatic rings. The topological polar surface area (TPSA) is 62.2 Å². The van der Waals surface area contributed by atoms with E-state index < -0.39 is 5.97 Å². The summed E-state index contributed by atoms with van der Waals surface area (Å²) in [6.45, 7) is 5.93.